The molecular weight excluding hydrogens is 306 g/mol. The number of aromatic nitrogens is 1. The summed E-state index contributed by atoms with van der Waals surface area (Å²) in [4.78, 5) is 27.7. The standard InChI is InChI=1S/C18H21N3O3/c1-12-3-5-14(16(22)9-12)11-21-18(24)17(23)19-8-7-15-6-4-13(2)10-20-15/h3-6,9-10,22H,7-8,11H2,1-2H3,(H,19,23)(H,21,24). The van der Waals surface area contributed by atoms with Gasteiger partial charge in [-0.05, 0) is 37.1 Å². The van der Waals surface area contributed by atoms with Gasteiger partial charge in [-0.25, -0.2) is 0 Å². The molecule has 0 saturated heterocycles. The van der Waals surface area contributed by atoms with Gasteiger partial charge >= 0.3 is 11.8 Å². The van der Waals surface area contributed by atoms with Crippen LogP contribution in [0.2, 0.25) is 0 Å². The van der Waals surface area contributed by atoms with Crippen molar-refractivity contribution in [1.29, 1.82) is 0 Å². The molecule has 126 valence electrons. The van der Waals surface area contributed by atoms with E-state index in [4.69, 9.17) is 0 Å². The van der Waals surface area contributed by atoms with Crippen LogP contribution < -0.4 is 10.6 Å². The third kappa shape index (κ3) is 5.08. The largest absolute Gasteiger partial charge is 0.508 e. The number of hydrogen-bond donors (Lipinski definition) is 3. The molecule has 0 bridgehead atoms. The first-order valence-corrected chi connectivity index (χ1v) is 7.72. The molecule has 1 heterocycles. The predicted molar refractivity (Wildman–Crippen MR) is 90.4 cm³/mol. The lowest BCUT2D eigenvalue weighted by molar-refractivity contribution is -0.139. The van der Waals surface area contributed by atoms with Crippen molar-refractivity contribution in [3.05, 3.63) is 58.9 Å². The van der Waals surface area contributed by atoms with Crippen LogP contribution in [0.3, 0.4) is 0 Å². The van der Waals surface area contributed by atoms with Crippen molar-refractivity contribution in [3.8, 4) is 5.75 Å². The smallest absolute Gasteiger partial charge is 0.309 e. The SMILES string of the molecule is Cc1ccc(CCNC(=O)C(=O)NCc2ccc(C)cc2O)nc1. The second kappa shape index (κ2) is 8.10. The molecule has 0 unspecified atom stereocenters. The molecule has 2 amide bonds. The van der Waals surface area contributed by atoms with Crippen molar-refractivity contribution in [1.82, 2.24) is 15.6 Å². The van der Waals surface area contributed by atoms with E-state index in [-0.39, 0.29) is 12.3 Å². The molecule has 3 N–H and O–H groups in total. The van der Waals surface area contributed by atoms with Crippen LogP contribution >= 0.6 is 0 Å². The van der Waals surface area contributed by atoms with Gasteiger partial charge in [-0.3, -0.25) is 14.6 Å². The van der Waals surface area contributed by atoms with Gasteiger partial charge in [0.2, 0.25) is 0 Å². The summed E-state index contributed by atoms with van der Waals surface area (Å²) in [5.74, 6) is -1.33. The van der Waals surface area contributed by atoms with E-state index < -0.39 is 11.8 Å². The predicted octanol–water partition coefficient (Wildman–Crippen LogP) is 1.38. The zero-order valence-corrected chi connectivity index (χ0v) is 13.8. The zero-order valence-electron chi connectivity index (χ0n) is 13.8. The number of carbonyl (C=O) groups is 2. The molecule has 0 spiro atoms. The van der Waals surface area contributed by atoms with Gasteiger partial charge in [0.25, 0.3) is 0 Å². The summed E-state index contributed by atoms with van der Waals surface area (Å²) >= 11 is 0. The molecule has 0 fully saturated rings. The number of phenols is 1. The Kier molecular flexibility index (Phi) is 5.89. The van der Waals surface area contributed by atoms with E-state index in [1.165, 1.54) is 0 Å². The molecule has 0 aliphatic rings. The number of phenolic OH excluding ortho intramolecular Hbond substituents is 1. The molecule has 2 aromatic rings. The summed E-state index contributed by atoms with van der Waals surface area (Å²) in [7, 11) is 0. The number of nitrogens with zero attached hydrogens (tertiary/aromatic N) is 1. The first-order valence-electron chi connectivity index (χ1n) is 7.72. The number of hydrogen-bond acceptors (Lipinski definition) is 4. The van der Waals surface area contributed by atoms with Crippen molar-refractivity contribution < 1.29 is 14.7 Å². The molecule has 24 heavy (non-hydrogen) atoms. The molecular formula is C18H21N3O3. The topological polar surface area (TPSA) is 91.3 Å². The number of aromatic hydroxyl groups is 1. The Bertz CT molecular complexity index is 727. The van der Waals surface area contributed by atoms with Crippen LogP contribution in [0.15, 0.2) is 36.5 Å². The molecule has 1 aromatic heterocycles. The highest BCUT2D eigenvalue weighted by Gasteiger charge is 2.13. The fourth-order valence-corrected chi connectivity index (χ4v) is 2.11. The molecule has 6 nitrogen and oxygen atoms in total. The van der Waals surface area contributed by atoms with E-state index in [0.717, 1.165) is 16.8 Å². The minimum absolute atomic E-state index is 0.0951. The van der Waals surface area contributed by atoms with E-state index in [1.807, 2.05) is 32.0 Å². The van der Waals surface area contributed by atoms with E-state index in [1.54, 1.807) is 18.3 Å². The van der Waals surface area contributed by atoms with Gasteiger partial charge in [0.15, 0.2) is 0 Å². The minimum atomic E-state index is -0.730. The van der Waals surface area contributed by atoms with Gasteiger partial charge < -0.3 is 15.7 Å². The summed E-state index contributed by atoms with van der Waals surface area (Å²) < 4.78 is 0. The molecule has 2 rings (SSSR count). The van der Waals surface area contributed by atoms with E-state index >= 15 is 0 Å². The van der Waals surface area contributed by atoms with Crippen LogP contribution in [-0.4, -0.2) is 28.4 Å². The van der Waals surface area contributed by atoms with Crippen LogP contribution in [0.1, 0.15) is 22.4 Å². The maximum atomic E-state index is 11.8. The Balaban J connectivity index is 1.75. The van der Waals surface area contributed by atoms with Crippen LogP contribution in [0.5, 0.6) is 5.75 Å². The van der Waals surface area contributed by atoms with Gasteiger partial charge in [-0.15, -0.1) is 0 Å². The van der Waals surface area contributed by atoms with E-state index in [0.29, 0.717) is 18.5 Å². The number of benzene rings is 1. The van der Waals surface area contributed by atoms with Gasteiger partial charge in [0.05, 0.1) is 0 Å². The normalized spacial score (nSPS) is 10.2. The number of amides is 2. The molecule has 0 atom stereocenters. The quantitative estimate of drug-likeness (QED) is 0.724. The van der Waals surface area contributed by atoms with Crippen molar-refractivity contribution in [2.75, 3.05) is 6.54 Å². The lowest BCUT2D eigenvalue weighted by atomic mass is 10.1. The van der Waals surface area contributed by atoms with E-state index in [9.17, 15) is 14.7 Å². The number of nitrogens with one attached hydrogen (secondary N) is 2. The van der Waals surface area contributed by atoms with Gasteiger partial charge in [-0.2, -0.15) is 0 Å². The van der Waals surface area contributed by atoms with Crippen molar-refractivity contribution in [3.63, 3.8) is 0 Å². The number of carbonyl (C=O) groups excluding carboxylic acids is 2. The average molecular weight is 327 g/mol. The summed E-state index contributed by atoms with van der Waals surface area (Å²) in [6.45, 7) is 4.24. The Morgan fingerprint density at radius 3 is 2.42 bits per heavy atom. The average Bonchev–Trinajstić information content (AvgIpc) is 2.55. The zero-order chi connectivity index (χ0) is 17.5. The monoisotopic (exact) mass is 327 g/mol. The highest BCUT2D eigenvalue weighted by molar-refractivity contribution is 6.35. The van der Waals surface area contributed by atoms with E-state index in [2.05, 4.69) is 15.6 Å². The highest BCUT2D eigenvalue weighted by Crippen LogP contribution is 2.17. The maximum absolute atomic E-state index is 11.8. The minimum Gasteiger partial charge on any atom is -0.508 e. The lowest BCUT2D eigenvalue weighted by Gasteiger charge is -2.08. The summed E-state index contributed by atoms with van der Waals surface area (Å²) in [5, 5.41) is 14.8. The summed E-state index contributed by atoms with van der Waals surface area (Å²) in [5.41, 5.74) is 3.41. The fraction of sp³-hybridized carbons (Fsp3) is 0.278. The van der Waals surface area contributed by atoms with Crippen LogP contribution in [-0.2, 0) is 22.6 Å². The van der Waals surface area contributed by atoms with Crippen LogP contribution in [0.25, 0.3) is 0 Å². The molecule has 0 aliphatic carbocycles. The Hall–Kier alpha value is -2.89. The number of aryl methyl sites for hydroxylation is 2. The fourth-order valence-electron chi connectivity index (χ4n) is 2.11. The number of pyridine rings is 1. The molecule has 6 heteroatoms. The Morgan fingerprint density at radius 1 is 1.04 bits per heavy atom. The van der Waals surface area contributed by atoms with Gasteiger partial charge in [0.1, 0.15) is 5.75 Å². The van der Waals surface area contributed by atoms with Crippen molar-refractivity contribution >= 4 is 11.8 Å². The highest BCUT2D eigenvalue weighted by atomic mass is 16.3. The van der Waals surface area contributed by atoms with Crippen LogP contribution in [0.4, 0.5) is 0 Å². The Labute approximate surface area is 140 Å². The third-order valence-corrected chi connectivity index (χ3v) is 3.53. The van der Waals surface area contributed by atoms with Crippen molar-refractivity contribution in [2.24, 2.45) is 0 Å². The summed E-state index contributed by atoms with van der Waals surface area (Å²) in [6, 6.07) is 8.99. The molecule has 0 saturated carbocycles. The second-order valence-electron chi connectivity index (χ2n) is 5.65. The van der Waals surface area contributed by atoms with Crippen LogP contribution in [0, 0.1) is 13.8 Å². The molecule has 1 aromatic carbocycles. The maximum Gasteiger partial charge on any atom is 0.309 e. The first kappa shape index (κ1) is 17.5. The van der Waals surface area contributed by atoms with Crippen molar-refractivity contribution in [2.45, 2.75) is 26.8 Å². The van der Waals surface area contributed by atoms with Gasteiger partial charge in [0, 0.05) is 37.0 Å². The second-order valence-corrected chi connectivity index (χ2v) is 5.65. The third-order valence-electron chi connectivity index (χ3n) is 3.53. The Morgan fingerprint density at radius 2 is 1.75 bits per heavy atom. The lowest BCUT2D eigenvalue weighted by Crippen LogP contribution is -2.40. The molecule has 0 radical (unpaired) electrons. The summed E-state index contributed by atoms with van der Waals surface area (Å²) in [6.07, 6.45) is 2.32. The first-order chi connectivity index (χ1) is 11.5. The van der Waals surface area contributed by atoms with Gasteiger partial charge in [-0.1, -0.05) is 18.2 Å². The number of rotatable bonds is 5. The molecule has 0 aliphatic heterocycles.